The van der Waals surface area contributed by atoms with E-state index < -0.39 is 0 Å². The lowest BCUT2D eigenvalue weighted by atomic mass is 9.81. The Balaban J connectivity index is 2.13. The third kappa shape index (κ3) is 1.48. The van der Waals surface area contributed by atoms with Gasteiger partial charge in [0.2, 0.25) is 0 Å². The average Bonchev–Trinajstić information content (AvgIpc) is 2.47. The third-order valence-corrected chi connectivity index (χ3v) is 2.95. The van der Waals surface area contributed by atoms with Crippen molar-refractivity contribution in [3.05, 3.63) is 18.2 Å². The number of aryl methyl sites for hydroxylation is 1. The van der Waals surface area contributed by atoms with E-state index in [4.69, 9.17) is 0 Å². The number of aromatic nitrogens is 2. The molecule has 1 saturated carbocycles. The van der Waals surface area contributed by atoms with Gasteiger partial charge >= 0.3 is 0 Å². The summed E-state index contributed by atoms with van der Waals surface area (Å²) >= 11 is 0. The second-order valence-corrected chi connectivity index (χ2v) is 3.71. The van der Waals surface area contributed by atoms with Crippen molar-refractivity contribution in [3.63, 3.8) is 0 Å². The SMILES string of the molecule is CCn1ccnc1C(O)C1CCC1. The van der Waals surface area contributed by atoms with Crippen LogP contribution in [0.3, 0.4) is 0 Å². The van der Waals surface area contributed by atoms with Crippen LogP contribution in [0.5, 0.6) is 0 Å². The fourth-order valence-electron chi connectivity index (χ4n) is 1.82. The molecule has 0 spiro atoms. The van der Waals surface area contributed by atoms with Gasteiger partial charge in [0.25, 0.3) is 0 Å². The van der Waals surface area contributed by atoms with Gasteiger partial charge in [-0.05, 0) is 25.7 Å². The molecule has 0 saturated heterocycles. The molecule has 1 N–H and O–H groups in total. The number of imidazole rings is 1. The van der Waals surface area contributed by atoms with Gasteiger partial charge in [-0.1, -0.05) is 6.42 Å². The van der Waals surface area contributed by atoms with E-state index in [-0.39, 0.29) is 6.10 Å². The Labute approximate surface area is 78.4 Å². The molecule has 0 aromatic carbocycles. The zero-order valence-corrected chi connectivity index (χ0v) is 7.98. The molecule has 0 aliphatic heterocycles. The highest BCUT2D eigenvalue weighted by Crippen LogP contribution is 2.36. The summed E-state index contributed by atoms with van der Waals surface area (Å²) in [5, 5.41) is 9.96. The van der Waals surface area contributed by atoms with Gasteiger partial charge in [-0.2, -0.15) is 0 Å². The molecule has 72 valence electrons. The number of nitrogens with zero attached hydrogens (tertiary/aromatic N) is 2. The van der Waals surface area contributed by atoms with E-state index in [1.54, 1.807) is 6.20 Å². The molecule has 2 rings (SSSR count). The van der Waals surface area contributed by atoms with Gasteiger partial charge in [0.1, 0.15) is 11.9 Å². The minimum atomic E-state index is -0.344. The fourth-order valence-corrected chi connectivity index (χ4v) is 1.82. The van der Waals surface area contributed by atoms with Crippen molar-refractivity contribution in [1.82, 2.24) is 9.55 Å². The summed E-state index contributed by atoms with van der Waals surface area (Å²) in [6.45, 7) is 2.96. The maximum absolute atomic E-state index is 9.96. The van der Waals surface area contributed by atoms with Crippen molar-refractivity contribution < 1.29 is 5.11 Å². The Morgan fingerprint density at radius 2 is 2.46 bits per heavy atom. The fraction of sp³-hybridized carbons (Fsp3) is 0.700. The van der Waals surface area contributed by atoms with Crippen LogP contribution in [0.2, 0.25) is 0 Å². The van der Waals surface area contributed by atoms with Crippen molar-refractivity contribution in [2.45, 2.75) is 38.8 Å². The van der Waals surface area contributed by atoms with Gasteiger partial charge in [0, 0.05) is 18.9 Å². The first-order valence-corrected chi connectivity index (χ1v) is 5.02. The van der Waals surface area contributed by atoms with Crippen LogP contribution in [0.15, 0.2) is 12.4 Å². The first-order valence-electron chi connectivity index (χ1n) is 5.02. The Hall–Kier alpha value is -0.830. The number of aliphatic hydroxyl groups is 1. The molecule has 1 fully saturated rings. The highest BCUT2D eigenvalue weighted by atomic mass is 16.3. The monoisotopic (exact) mass is 180 g/mol. The Morgan fingerprint density at radius 3 is 3.00 bits per heavy atom. The topological polar surface area (TPSA) is 38.0 Å². The summed E-state index contributed by atoms with van der Waals surface area (Å²) in [7, 11) is 0. The first kappa shape index (κ1) is 8.75. The number of rotatable bonds is 3. The molecule has 0 bridgehead atoms. The molecule has 0 amide bonds. The number of aliphatic hydroxyl groups excluding tert-OH is 1. The lowest BCUT2D eigenvalue weighted by Gasteiger charge is -2.29. The predicted octanol–water partition coefficient (Wildman–Crippen LogP) is 1.74. The van der Waals surface area contributed by atoms with E-state index in [2.05, 4.69) is 11.9 Å². The summed E-state index contributed by atoms with van der Waals surface area (Å²) in [6, 6.07) is 0. The van der Waals surface area contributed by atoms with Crippen molar-refractivity contribution in [2.24, 2.45) is 5.92 Å². The summed E-state index contributed by atoms with van der Waals surface area (Å²) in [5.74, 6) is 1.29. The standard InChI is InChI=1S/C10H16N2O/c1-2-12-7-6-11-10(12)9(13)8-4-3-5-8/h6-9,13H,2-5H2,1H3. The zero-order chi connectivity index (χ0) is 9.26. The van der Waals surface area contributed by atoms with Gasteiger partial charge in [0.05, 0.1) is 0 Å². The average molecular weight is 180 g/mol. The summed E-state index contributed by atoms with van der Waals surface area (Å²) in [4.78, 5) is 4.20. The largest absolute Gasteiger partial charge is 0.385 e. The van der Waals surface area contributed by atoms with Gasteiger partial charge in [0.15, 0.2) is 0 Å². The minimum Gasteiger partial charge on any atom is -0.385 e. The van der Waals surface area contributed by atoms with Gasteiger partial charge in [-0.25, -0.2) is 4.98 Å². The molecule has 13 heavy (non-hydrogen) atoms. The molecule has 1 unspecified atom stereocenters. The molecular weight excluding hydrogens is 164 g/mol. The molecule has 3 heteroatoms. The maximum Gasteiger partial charge on any atom is 0.137 e. The van der Waals surface area contributed by atoms with Crippen LogP contribution in [0.1, 0.15) is 38.1 Å². The number of hydrogen-bond acceptors (Lipinski definition) is 2. The quantitative estimate of drug-likeness (QED) is 0.769. The normalized spacial score (nSPS) is 19.8. The molecule has 3 nitrogen and oxygen atoms in total. The van der Waals surface area contributed by atoms with Crippen LogP contribution in [0, 0.1) is 5.92 Å². The summed E-state index contributed by atoms with van der Waals surface area (Å²) < 4.78 is 2.02. The second-order valence-electron chi connectivity index (χ2n) is 3.71. The van der Waals surface area contributed by atoms with E-state index in [9.17, 15) is 5.11 Å². The van der Waals surface area contributed by atoms with Crippen molar-refractivity contribution in [3.8, 4) is 0 Å². The van der Waals surface area contributed by atoms with Gasteiger partial charge < -0.3 is 9.67 Å². The lowest BCUT2D eigenvalue weighted by Crippen LogP contribution is -2.22. The van der Waals surface area contributed by atoms with E-state index in [1.807, 2.05) is 10.8 Å². The molecule has 1 aromatic heterocycles. The van der Waals surface area contributed by atoms with Crippen LogP contribution >= 0.6 is 0 Å². The Kier molecular flexibility index (Phi) is 2.36. The predicted molar refractivity (Wildman–Crippen MR) is 50.2 cm³/mol. The molecule has 1 aromatic rings. The van der Waals surface area contributed by atoms with E-state index >= 15 is 0 Å². The van der Waals surface area contributed by atoms with Crippen LogP contribution < -0.4 is 0 Å². The molecule has 1 aliphatic rings. The number of hydrogen-bond donors (Lipinski definition) is 1. The lowest BCUT2D eigenvalue weighted by molar-refractivity contribution is 0.0522. The van der Waals surface area contributed by atoms with Crippen LogP contribution in [-0.2, 0) is 6.54 Å². The molecule has 1 heterocycles. The highest BCUT2D eigenvalue weighted by molar-refractivity contribution is 4.99. The van der Waals surface area contributed by atoms with E-state index in [0.29, 0.717) is 5.92 Å². The van der Waals surface area contributed by atoms with Crippen LogP contribution in [-0.4, -0.2) is 14.7 Å². The Bertz CT molecular complexity index is 278. The second kappa shape index (κ2) is 3.50. The highest BCUT2D eigenvalue weighted by Gasteiger charge is 2.29. The third-order valence-electron chi connectivity index (χ3n) is 2.95. The molecule has 0 radical (unpaired) electrons. The molecular formula is C10H16N2O. The first-order chi connectivity index (χ1) is 6.33. The smallest absolute Gasteiger partial charge is 0.137 e. The van der Waals surface area contributed by atoms with Crippen molar-refractivity contribution in [2.75, 3.05) is 0 Å². The van der Waals surface area contributed by atoms with Crippen LogP contribution in [0.25, 0.3) is 0 Å². The van der Waals surface area contributed by atoms with Crippen molar-refractivity contribution in [1.29, 1.82) is 0 Å². The van der Waals surface area contributed by atoms with Gasteiger partial charge in [-0.15, -0.1) is 0 Å². The summed E-state index contributed by atoms with van der Waals surface area (Å²) in [5.41, 5.74) is 0. The van der Waals surface area contributed by atoms with E-state index in [1.165, 1.54) is 6.42 Å². The minimum absolute atomic E-state index is 0.344. The summed E-state index contributed by atoms with van der Waals surface area (Å²) in [6.07, 6.45) is 6.91. The molecule has 1 aliphatic carbocycles. The van der Waals surface area contributed by atoms with Crippen molar-refractivity contribution >= 4 is 0 Å². The zero-order valence-electron chi connectivity index (χ0n) is 7.98. The molecule has 1 atom stereocenters. The maximum atomic E-state index is 9.96. The Morgan fingerprint density at radius 1 is 1.69 bits per heavy atom. The van der Waals surface area contributed by atoms with E-state index in [0.717, 1.165) is 25.2 Å². The van der Waals surface area contributed by atoms with Gasteiger partial charge in [-0.3, -0.25) is 0 Å². The van der Waals surface area contributed by atoms with Crippen LogP contribution in [0.4, 0.5) is 0 Å².